The lowest BCUT2D eigenvalue weighted by atomic mass is 10.1. The minimum Gasteiger partial charge on any atom is -0.462 e. The van der Waals surface area contributed by atoms with Gasteiger partial charge in [-0.3, -0.25) is 4.79 Å². The van der Waals surface area contributed by atoms with E-state index in [0.29, 0.717) is 23.4 Å². The summed E-state index contributed by atoms with van der Waals surface area (Å²) in [5.41, 5.74) is 2.64. The molecule has 0 spiro atoms. The Balaban J connectivity index is 1.63. The van der Waals surface area contributed by atoms with Crippen LogP contribution in [0, 0.1) is 0 Å². The number of anilines is 1. The van der Waals surface area contributed by atoms with Crippen LogP contribution in [-0.4, -0.2) is 23.1 Å². The van der Waals surface area contributed by atoms with Gasteiger partial charge in [0.25, 0.3) is 5.91 Å². The number of amides is 1. The van der Waals surface area contributed by atoms with Crippen molar-refractivity contribution in [2.75, 3.05) is 11.9 Å². The first-order valence-corrected chi connectivity index (χ1v) is 8.49. The molecule has 0 unspecified atom stereocenters. The third-order valence-electron chi connectivity index (χ3n) is 3.85. The van der Waals surface area contributed by atoms with Crippen molar-refractivity contribution in [1.29, 1.82) is 0 Å². The van der Waals surface area contributed by atoms with Crippen molar-refractivity contribution < 1.29 is 14.3 Å². The number of nitrogens with zero attached hydrogens (tertiary/aromatic N) is 1. The summed E-state index contributed by atoms with van der Waals surface area (Å²) in [7, 11) is 0. The van der Waals surface area contributed by atoms with Gasteiger partial charge in [-0.2, -0.15) is 0 Å². The summed E-state index contributed by atoms with van der Waals surface area (Å²) in [5, 5.41) is 2.82. The highest BCUT2D eigenvalue weighted by Crippen LogP contribution is 2.14. The first kappa shape index (κ1) is 17.5. The standard InChI is InChI=1S/C21H20N2O3/c1-2-15-26-21(25)17-5-9-18(10-6-17)22-20(24)16-7-11-19(12-8-16)23-13-3-4-14-23/h3-14H,2,15H2,1H3,(H,22,24). The Morgan fingerprint density at radius 1 is 0.923 bits per heavy atom. The van der Waals surface area contributed by atoms with Crippen LogP contribution >= 0.6 is 0 Å². The Morgan fingerprint density at radius 2 is 1.54 bits per heavy atom. The second-order valence-electron chi connectivity index (χ2n) is 5.80. The van der Waals surface area contributed by atoms with E-state index in [1.807, 2.05) is 48.1 Å². The van der Waals surface area contributed by atoms with Crippen molar-refractivity contribution in [3.63, 3.8) is 0 Å². The largest absolute Gasteiger partial charge is 0.462 e. The van der Waals surface area contributed by atoms with Crippen LogP contribution in [0.3, 0.4) is 0 Å². The van der Waals surface area contributed by atoms with E-state index >= 15 is 0 Å². The zero-order valence-corrected chi connectivity index (χ0v) is 14.5. The van der Waals surface area contributed by atoms with E-state index in [9.17, 15) is 9.59 Å². The van der Waals surface area contributed by atoms with Crippen molar-refractivity contribution in [2.45, 2.75) is 13.3 Å². The van der Waals surface area contributed by atoms with Crippen LogP contribution in [0.15, 0.2) is 73.1 Å². The minimum atomic E-state index is -0.356. The summed E-state index contributed by atoms with van der Waals surface area (Å²) in [6.45, 7) is 2.34. The molecular formula is C21H20N2O3. The molecule has 132 valence electrons. The molecule has 5 heteroatoms. The van der Waals surface area contributed by atoms with Crippen LogP contribution in [0.25, 0.3) is 5.69 Å². The number of carbonyl (C=O) groups is 2. The Bertz CT molecular complexity index is 867. The van der Waals surface area contributed by atoms with Crippen LogP contribution in [0.2, 0.25) is 0 Å². The number of hydrogen-bond acceptors (Lipinski definition) is 3. The molecule has 0 atom stereocenters. The lowest BCUT2D eigenvalue weighted by molar-refractivity contribution is 0.0505. The van der Waals surface area contributed by atoms with E-state index in [4.69, 9.17) is 4.74 Å². The van der Waals surface area contributed by atoms with Crippen molar-refractivity contribution in [1.82, 2.24) is 4.57 Å². The smallest absolute Gasteiger partial charge is 0.338 e. The molecule has 0 saturated heterocycles. The normalized spacial score (nSPS) is 10.3. The summed E-state index contributed by atoms with van der Waals surface area (Å²) < 4.78 is 7.05. The Labute approximate surface area is 152 Å². The lowest BCUT2D eigenvalue weighted by Crippen LogP contribution is -2.12. The van der Waals surface area contributed by atoms with Gasteiger partial charge in [0.2, 0.25) is 0 Å². The lowest BCUT2D eigenvalue weighted by Gasteiger charge is -2.08. The molecule has 0 bridgehead atoms. The highest BCUT2D eigenvalue weighted by molar-refractivity contribution is 6.04. The second kappa shape index (κ2) is 8.16. The molecule has 1 N–H and O–H groups in total. The van der Waals surface area contributed by atoms with Gasteiger partial charge in [-0.25, -0.2) is 4.79 Å². The van der Waals surface area contributed by atoms with Crippen LogP contribution in [0.1, 0.15) is 34.1 Å². The fourth-order valence-corrected chi connectivity index (χ4v) is 2.46. The number of benzene rings is 2. The number of aromatic nitrogens is 1. The maximum absolute atomic E-state index is 12.4. The highest BCUT2D eigenvalue weighted by Gasteiger charge is 2.09. The fourth-order valence-electron chi connectivity index (χ4n) is 2.46. The van der Waals surface area contributed by atoms with E-state index in [2.05, 4.69) is 5.32 Å². The maximum Gasteiger partial charge on any atom is 0.338 e. The van der Waals surface area contributed by atoms with Gasteiger partial charge in [-0.05, 0) is 67.1 Å². The van der Waals surface area contributed by atoms with Gasteiger partial charge in [-0.1, -0.05) is 6.92 Å². The Hall–Kier alpha value is -3.34. The van der Waals surface area contributed by atoms with E-state index in [-0.39, 0.29) is 11.9 Å². The number of esters is 1. The second-order valence-corrected chi connectivity index (χ2v) is 5.80. The molecule has 0 aliphatic rings. The predicted molar refractivity (Wildman–Crippen MR) is 101 cm³/mol. The van der Waals surface area contributed by atoms with Crippen molar-refractivity contribution in [2.24, 2.45) is 0 Å². The Kier molecular flexibility index (Phi) is 5.49. The molecule has 3 aromatic rings. The maximum atomic E-state index is 12.4. The van der Waals surface area contributed by atoms with E-state index in [1.165, 1.54) is 0 Å². The predicted octanol–water partition coefficient (Wildman–Crippen LogP) is 4.30. The average Bonchev–Trinajstić information content (AvgIpc) is 3.21. The van der Waals surface area contributed by atoms with Crippen LogP contribution in [0.4, 0.5) is 5.69 Å². The Morgan fingerprint density at radius 3 is 2.15 bits per heavy atom. The molecule has 1 amide bonds. The first-order valence-electron chi connectivity index (χ1n) is 8.49. The third-order valence-corrected chi connectivity index (χ3v) is 3.85. The summed E-state index contributed by atoms with van der Waals surface area (Å²) in [6.07, 6.45) is 4.67. The van der Waals surface area contributed by atoms with Gasteiger partial charge in [-0.15, -0.1) is 0 Å². The van der Waals surface area contributed by atoms with Crippen LogP contribution in [0.5, 0.6) is 0 Å². The van der Waals surface area contributed by atoms with Crippen molar-refractivity contribution in [3.05, 3.63) is 84.2 Å². The number of hydrogen-bond donors (Lipinski definition) is 1. The van der Waals surface area contributed by atoms with Gasteiger partial charge >= 0.3 is 5.97 Å². The molecule has 1 aromatic heterocycles. The monoisotopic (exact) mass is 348 g/mol. The summed E-state index contributed by atoms with van der Waals surface area (Å²) in [6, 6.07) is 17.9. The highest BCUT2D eigenvalue weighted by atomic mass is 16.5. The van der Waals surface area contributed by atoms with E-state index in [0.717, 1.165) is 12.1 Å². The minimum absolute atomic E-state index is 0.203. The van der Waals surface area contributed by atoms with Crippen molar-refractivity contribution >= 4 is 17.6 Å². The number of rotatable bonds is 6. The molecule has 26 heavy (non-hydrogen) atoms. The van der Waals surface area contributed by atoms with Crippen molar-refractivity contribution in [3.8, 4) is 5.69 Å². The average molecular weight is 348 g/mol. The number of carbonyl (C=O) groups excluding carboxylic acids is 2. The molecular weight excluding hydrogens is 328 g/mol. The SMILES string of the molecule is CCCOC(=O)c1ccc(NC(=O)c2ccc(-n3cccc3)cc2)cc1. The molecule has 1 heterocycles. The zero-order chi connectivity index (χ0) is 18.4. The van der Waals surface area contributed by atoms with E-state index < -0.39 is 0 Å². The van der Waals surface area contributed by atoms with Gasteiger partial charge in [0, 0.05) is 29.3 Å². The van der Waals surface area contributed by atoms with Gasteiger partial charge in [0.15, 0.2) is 0 Å². The topological polar surface area (TPSA) is 60.3 Å². The first-order chi connectivity index (χ1) is 12.7. The fraction of sp³-hybridized carbons (Fsp3) is 0.143. The van der Waals surface area contributed by atoms with Crippen LogP contribution in [-0.2, 0) is 4.74 Å². The van der Waals surface area contributed by atoms with E-state index in [1.54, 1.807) is 36.4 Å². The molecule has 0 saturated carbocycles. The molecule has 3 rings (SSSR count). The summed E-state index contributed by atoms with van der Waals surface area (Å²) >= 11 is 0. The molecule has 0 aliphatic carbocycles. The summed E-state index contributed by atoms with van der Waals surface area (Å²) in [4.78, 5) is 24.1. The molecule has 0 radical (unpaired) electrons. The van der Waals surface area contributed by atoms with Crippen LogP contribution < -0.4 is 5.32 Å². The zero-order valence-electron chi connectivity index (χ0n) is 14.5. The third kappa shape index (κ3) is 4.19. The number of nitrogens with one attached hydrogen (secondary N) is 1. The number of ether oxygens (including phenoxy) is 1. The van der Waals surface area contributed by atoms with Gasteiger partial charge in [0.05, 0.1) is 12.2 Å². The molecule has 2 aromatic carbocycles. The molecule has 0 aliphatic heterocycles. The quantitative estimate of drug-likeness (QED) is 0.676. The summed E-state index contributed by atoms with van der Waals surface area (Å²) in [5.74, 6) is -0.560. The van der Waals surface area contributed by atoms with Gasteiger partial charge < -0.3 is 14.6 Å². The van der Waals surface area contributed by atoms with Gasteiger partial charge in [0.1, 0.15) is 0 Å². The molecule has 0 fully saturated rings. The molecule has 5 nitrogen and oxygen atoms in total.